The molecule has 3 heteroatoms. The highest BCUT2D eigenvalue weighted by atomic mass is 35.5. The summed E-state index contributed by atoms with van der Waals surface area (Å²) in [7, 11) is 0. The van der Waals surface area contributed by atoms with E-state index >= 15 is 0 Å². The van der Waals surface area contributed by atoms with E-state index in [0.29, 0.717) is 17.5 Å². The molecule has 4 bridgehead atoms. The van der Waals surface area contributed by atoms with Crippen LogP contribution < -0.4 is 5.32 Å². The zero-order chi connectivity index (χ0) is 16.9. The molecule has 0 saturated heterocycles. The van der Waals surface area contributed by atoms with Crippen molar-refractivity contribution in [3.8, 4) is 0 Å². The second-order valence-corrected chi connectivity index (χ2v) is 9.60. The van der Waals surface area contributed by atoms with Gasteiger partial charge in [0.1, 0.15) is 0 Å². The van der Waals surface area contributed by atoms with Gasteiger partial charge in [-0.2, -0.15) is 0 Å². The highest BCUT2D eigenvalue weighted by molar-refractivity contribution is 6.30. The van der Waals surface area contributed by atoms with Crippen LogP contribution in [0, 0.1) is 17.3 Å². The molecule has 4 aliphatic carbocycles. The van der Waals surface area contributed by atoms with Gasteiger partial charge in [0.15, 0.2) is 0 Å². The van der Waals surface area contributed by atoms with Gasteiger partial charge in [0.25, 0.3) is 0 Å². The Bertz CT molecular complexity index is 584. The molecule has 24 heavy (non-hydrogen) atoms. The summed E-state index contributed by atoms with van der Waals surface area (Å²) in [5.74, 6) is 1.51. The number of halogens is 1. The maximum atomic E-state index is 11.0. The average molecular weight is 348 g/mol. The Morgan fingerprint density at radius 3 is 2.33 bits per heavy atom. The second-order valence-electron chi connectivity index (χ2n) is 9.17. The monoisotopic (exact) mass is 347 g/mol. The van der Waals surface area contributed by atoms with Crippen LogP contribution in [0.2, 0.25) is 5.02 Å². The van der Waals surface area contributed by atoms with Gasteiger partial charge < -0.3 is 10.4 Å². The smallest absolute Gasteiger partial charge is 0.0659 e. The van der Waals surface area contributed by atoms with Gasteiger partial charge in [-0.05, 0) is 93.7 Å². The van der Waals surface area contributed by atoms with Gasteiger partial charge in [0.05, 0.1) is 5.60 Å². The molecular weight excluding hydrogens is 318 g/mol. The quantitative estimate of drug-likeness (QED) is 0.817. The van der Waals surface area contributed by atoms with E-state index in [1.165, 1.54) is 24.8 Å². The molecule has 6 atom stereocenters. The molecule has 0 aromatic heterocycles. The molecular formula is C21H30ClNO. The molecule has 4 saturated carbocycles. The number of nitrogens with one attached hydrogen (secondary N) is 1. The molecule has 5 rings (SSSR count). The largest absolute Gasteiger partial charge is 0.390 e. The Labute approximate surface area is 151 Å². The van der Waals surface area contributed by atoms with Crippen molar-refractivity contribution in [2.24, 2.45) is 17.3 Å². The van der Waals surface area contributed by atoms with Gasteiger partial charge in [0.2, 0.25) is 0 Å². The van der Waals surface area contributed by atoms with Crippen LogP contribution >= 0.6 is 11.6 Å². The summed E-state index contributed by atoms with van der Waals surface area (Å²) < 4.78 is 0. The molecule has 132 valence electrons. The number of hydrogen-bond donors (Lipinski definition) is 2. The molecule has 1 aromatic rings. The van der Waals surface area contributed by atoms with Crippen LogP contribution in [-0.2, 0) is 6.42 Å². The van der Waals surface area contributed by atoms with Crippen molar-refractivity contribution >= 4 is 11.6 Å². The van der Waals surface area contributed by atoms with Crippen molar-refractivity contribution < 1.29 is 5.11 Å². The summed E-state index contributed by atoms with van der Waals surface area (Å²) in [5.41, 5.74) is 1.28. The van der Waals surface area contributed by atoms with E-state index in [9.17, 15) is 5.11 Å². The van der Waals surface area contributed by atoms with Crippen molar-refractivity contribution in [1.82, 2.24) is 5.32 Å². The van der Waals surface area contributed by atoms with Crippen LogP contribution in [0.3, 0.4) is 0 Å². The van der Waals surface area contributed by atoms with Gasteiger partial charge in [-0.15, -0.1) is 0 Å². The van der Waals surface area contributed by atoms with E-state index in [1.807, 2.05) is 12.1 Å². The van der Waals surface area contributed by atoms with E-state index < -0.39 is 0 Å². The number of aliphatic hydroxyl groups is 1. The second kappa shape index (κ2) is 6.00. The SMILES string of the molecule is C[C@H](Cc1ccc(Cl)cc1)N[C@@H](C)C12C[C@@H]3C[C@@H](CC(O)(C3)C1)C2. The van der Waals surface area contributed by atoms with Crippen molar-refractivity contribution in [3.63, 3.8) is 0 Å². The summed E-state index contributed by atoms with van der Waals surface area (Å²) in [6, 6.07) is 9.10. The molecule has 0 heterocycles. The minimum atomic E-state index is -0.362. The zero-order valence-electron chi connectivity index (χ0n) is 14.9. The molecule has 2 unspecified atom stereocenters. The first-order valence-corrected chi connectivity index (χ1v) is 9.97. The van der Waals surface area contributed by atoms with Gasteiger partial charge in [-0.3, -0.25) is 0 Å². The first-order valence-electron chi connectivity index (χ1n) is 9.59. The lowest BCUT2D eigenvalue weighted by atomic mass is 9.46. The normalized spacial score (nSPS) is 39.8. The zero-order valence-corrected chi connectivity index (χ0v) is 15.6. The summed E-state index contributed by atoms with van der Waals surface area (Å²) in [6.45, 7) is 4.63. The molecule has 0 radical (unpaired) electrons. The minimum absolute atomic E-state index is 0.313. The first kappa shape index (κ1) is 16.9. The van der Waals surface area contributed by atoms with Crippen LogP contribution in [0.25, 0.3) is 0 Å². The molecule has 0 spiro atoms. The summed E-state index contributed by atoms with van der Waals surface area (Å²) in [4.78, 5) is 0. The van der Waals surface area contributed by atoms with Crippen LogP contribution in [0.4, 0.5) is 0 Å². The first-order chi connectivity index (χ1) is 11.4. The molecule has 2 N–H and O–H groups in total. The van der Waals surface area contributed by atoms with E-state index in [1.54, 1.807) is 0 Å². The Morgan fingerprint density at radius 1 is 1.12 bits per heavy atom. The fourth-order valence-electron chi connectivity index (χ4n) is 6.43. The van der Waals surface area contributed by atoms with Crippen LogP contribution in [0.5, 0.6) is 0 Å². The lowest BCUT2D eigenvalue weighted by Gasteiger charge is -2.62. The lowest BCUT2D eigenvalue weighted by molar-refractivity contribution is -0.172. The molecule has 4 aliphatic rings. The van der Waals surface area contributed by atoms with Crippen molar-refractivity contribution in [2.75, 3.05) is 0 Å². The van der Waals surface area contributed by atoms with E-state index in [4.69, 9.17) is 11.6 Å². The van der Waals surface area contributed by atoms with Crippen LogP contribution in [0.1, 0.15) is 57.9 Å². The number of rotatable bonds is 5. The van der Waals surface area contributed by atoms with Gasteiger partial charge in [-0.25, -0.2) is 0 Å². The Balaban J connectivity index is 1.42. The average Bonchev–Trinajstić information content (AvgIpc) is 2.47. The third-order valence-electron chi connectivity index (χ3n) is 6.98. The molecule has 4 fully saturated rings. The van der Waals surface area contributed by atoms with E-state index in [2.05, 4.69) is 31.3 Å². The topological polar surface area (TPSA) is 32.3 Å². The minimum Gasteiger partial charge on any atom is -0.390 e. The highest BCUT2D eigenvalue weighted by Gasteiger charge is 2.58. The van der Waals surface area contributed by atoms with Crippen molar-refractivity contribution in [1.29, 1.82) is 0 Å². The number of hydrogen-bond acceptors (Lipinski definition) is 2. The summed E-state index contributed by atoms with van der Waals surface area (Å²) >= 11 is 5.98. The van der Waals surface area contributed by atoms with E-state index in [0.717, 1.165) is 42.5 Å². The fourth-order valence-corrected chi connectivity index (χ4v) is 6.55. The predicted octanol–water partition coefficient (Wildman–Crippen LogP) is 4.58. The number of benzene rings is 1. The van der Waals surface area contributed by atoms with Crippen molar-refractivity contribution in [3.05, 3.63) is 34.9 Å². The predicted molar refractivity (Wildman–Crippen MR) is 99.3 cm³/mol. The highest BCUT2D eigenvalue weighted by Crippen LogP contribution is 2.62. The summed E-state index contributed by atoms with van der Waals surface area (Å²) in [5, 5.41) is 15.6. The molecule has 2 nitrogen and oxygen atoms in total. The van der Waals surface area contributed by atoms with Gasteiger partial charge in [0, 0.05) is 17.1 Å². The van der Waals surface area contributed by atoms with Crippen LogP contribution in [-0.4, -0.2) is 22.8 Å². The fraction of sp³-hybridized carbons (Fsp3) is 0.714. The van der Waals surface area contributed by atoms with Gasteiger partial charge >= 0.3 is 0 Å². The third-order valence-corrected chi connectivity index (χ3v) is 7.24. The third kappa shape index (κ3) is 3.13. The molecule has 0 amide bonds. The molecule has 0 aliphatic heterocycles. The van der Waals surface area contributed by atoms with Crippen molar-refractivity contribution in [2.45, 2.75) is 76.5 Å². The Kier molecular flexibility index (Phi) is 4.22. The standard InChI is InChI=1S/C21H30ClNO/c1-14(7-16-3-5-19(22)6-4-16)23-15(2)20-9-17-8-18(10-20)12-21(24,11-17)13-20/h3-6,14-15,17-18,23-24H,7-13H2,1-2H3/t14-,15+,17-,18+,20?,21?/m1/s1. The maximum Gasteiger partial charge on any atom is 0.0659 e. The maximum absolute atomic E-state index is 11.0. The van der Waals surface area contributed by atoms with E-state index in [-0.39, 0.29) is 5.60 Å². The van der Waals surface area contributed by atoms with Crippen LogP contribution in [0.15, 0.2) is 24.3 Å². The molecule has 1 aromatic carbocycles. The Hall–Kier alpha value is -0.570. The summed E-state index contributed by atoms with van der Waals surface area (Å²) in [6.07, 6.45) is 8.12. The lowest BCUT2D eigenvalue weighted by Crippen LogP contribution is -2.62. The van der Waals surface area contributed by atoms with Gasteiger partial charge in [-0.1, -0.05) is 23.7 Å². The Morgan fingerprint density at radius 2 is 1.75 bits per heavy atom.